The van der Waals surface area contributed by atoms with Crippen molar-refractivity contribution in [2.75, 3.05) is 39.4 Å². The molecule has 25 heavy (non-hydrogen) atoms. The van der Waals surface area contributed by atoms with Gasteiger partial charge in [-0.1, -0.05) is 18.0 Å². The third kappa shape index (κ3) is 4.51. The Bertz CT molecular complexity index is 546. The van der Waals surface area contributed by atoms with Gasteiger partial charge in [-0.3, -0.25) is 0 Å². The Balaban J connectivity index is 1.37. The highest BCUT2D eigenvalue weighted by Gasteiger charge is 2.36. The summed E-state index contributed by atoms with van der Waals surface area (Å²) in [5.74, 6) is 2.26. The second kappa shape index (κ2) is 8.65. The van der Waals surface area contributed by atoms with Crippen molar-refractivity contribution < 1.29 is 14.1 Å². The largest absolute Gasteiger partial charge is 0.381 e. The molecule has 1 aromatic heterocycles. The van der Waals surface area contributed by atoms with Crippen molar-refractivity contribution in [1.29, 1.82) is 0 Å². The van der Waals surface area contributed by atoms with Gasteiger partial charge in [-0.2, -0.15) is 4.98 Å². The molecular formula is C18H30N4O3. The molecule has 0 atom stereocenters. The number of aromatic nitrogens is 2. The van der Waals surface area contributed by atoms with Gasteiger partial charge in [0, 0.05) is 39.2 Å². The zero-order valence-electron chi connectivity index (χ0n) is 15.4. The van der Waals surface area contributed by atoms with Crippen LogP contribution in [0.5, 0.6) is 0 Å². The first-order valence-electron chi connectivity index (χ1n) is 9.65. The summed E-state index contributed by atoms with van der Waals surface area (Å²) in [5.41, 5.74) is 0. The van der Waals surface area contributed by atoms with Crippen LogP contribution in [0, 0.1) is 5.92 Å². The molecule has 2 amide bonds. The zero-order valence-corrected chi connectivity index (χ0v) is 15.4. The molecular weight excluding hydrogens is 320 g/mol. The molecule has 7 heteroatoms. The number of likely N-dealkylation sites (tertiary alicyclic amines) is 1. The summed E-state index contributed by atoms with van der Waals surface area (Å²) in [6.45, 7) is 8.30. The number of rotatable bonds is 8. The van der Waals surface area contributed by atoms with Crippen molar-refractivity contribution in [3.63, 3.8) is 0 Å². The maximum atomic E-state index is 12.2. The van der Waals surface area contributed by atoms with Crippen LogP contribution in [0.1, 0.15) is 57.2 Å². The van der Waals surface area contributed by atoms with E-state index in [-0.39, 0.29) is 11.9 Å². The number of amides is 2. The number of ether oxygens (including phenoxy) is 1. The zero-order chi connectivity index (χ0) is 17.6. The van der Waals surface area contributed by atoms with Gasteiger partial charge in [0.05, 0.1) is 12.5 Å². The minimum absolute atomic E-state index is 0.0984. The third-order valence-electron chi connectivity index (χ3n) is 5.32. The lowest BCUT2D eigenvalue weighted by Gasteiger charge is -2.39. The Labute approximate surface area is 149 Å². The lowest BCUT2D eigenvalue weighted by atomic mass is 10.0. The highest BCUT2D eigenvalue weighted by molar-refractivity contribution is 5.75. The predicted molar refractivity (Wildman–Crippen MR) is 93.4 cm³/mol. The summed E-state index contributed by atoms with van der Waals surface area (Å²) in [5, 5.41) is 4.05. The van der Waals surface area contributed by atoms with E-state index < -0.39 is 0 Å². The van der Waals surface area contributed by atoms with Crippen LogP contribution in [0.15, 0.2) is 4.52 Å². The normalized spacial score (nSPS) is 18.6. The van der Waals surface area contributed by atoms with Crippen LogP contribution in [0.2, 0.25) is 0 Å². The molecule has 0 radical (unpaired) electrons. The van der Waals surface area contributed by atoms with Crippen molar-refractivity contribution in [1.82, 2.24) is 19.9 Å². The van der Waals surface area contributed by atoms with Crippen molar-refractivity contribution in [3.8, 4) is 0 Å². The van der Waals surface area contributed by atoms with E-state index in [9.17, 15) is 4.79 Å². The van der Waals surface area contributed by atoms with Gasteiger partial charge in [0.1, 0.15) is 0 Å². The summed E-state index contributed by atoms with van der Waals surface area (Å²) >= 11 is 0. The summed E-state index contributed by atoms with van der Waals surface area (Å²) in [6.07, 6.45) is 5.98. The topological polar surface area (TPSA) is 71.7 Å². The fraction of sp³-hybridized carbons (Fsp3) is 0.833. The van der Waals surface area contributed by atoms with Crippen LogP contribution >= 0.6 is 0 Å². The van der Waals surface area contributed by atoms with E-state index in [4.69, 9.17) is 9.26 Å². The van der Waals surface area contributed by atoms with Gasteiger partial charge >= 0.3 is 6.03 Å². The first kappa shape index (κ1) is 18.2. The molecule has 0 bridgehead atoms. The minimum Gasteiger partial charge on any atom is -0.381 e. The fourth-order valence-corrected chi connectivity index (χ4v) is 3.61. The molecule has 1 aliphatic heterocycles. The molecule has 2 heterocycles. The van der Waals surface area contributed by atoms with E-state index in [1.165, 1.54) is 25.7 Å². The molecule has 1 saturated carbocycles. The summed E-state index contributed by atoms with van der Waals surface area (Å²) in [4.78, 5) is 20.4. The minimum atomic E-state index is 0.0984. The van der Waals surface area contributed by atoms with Gasteiger partial charge in [0.2, 0.25) is 5.89 Å². The van der Waals surface area contributed by atoms with E-state index in [1.807, 2.05) is 23.6 Å². The van der Waals surface area contributed by atoms with Gasteiger partial charge in [-0.25, -0.2) is 4.79 Å². The SMILES string of the molecule is CCN(CC)C(=O)N1CC(c2nc(CCOCC3CCCC3)no2)C1. The van der Waals surface area contributed by atoms with Gasteiger partial charge < -0.3 is 19.1 Å². The molecule has 1 aliphatic carbocycles. The molecule has 7 nitrogen and oxygen atoms in total. The Kier molecular flexibility index (Phi) is 6.29. The number of hydrogen-bond acceptors (Lipinski definition) is 5. The number of urea groups is 1. The predicted octanol–water partition coefficient (Wildman–Crippen LogP) is 2.68. The van der Waals surface area contributed by atoms with Crippen LogP contribution in [-0.2, 0) is 11.2 Å². The lowest BCUT2D eigenvalue weighted by molar-refractivity contribution is 0.102. The Morgan fingerprint density at radius 2 is 2.00 bits per heavy atom. The van der Waals surface area contributed by atoms with E-state index in [0.717, 1.165) is 25.6 Å². The highest BCUT2D eigenvalue weighted by atomic mass is 16.5. The van der Waals surface area contributed by atoms with Crippen LogP contribution in [0.25, 0.3) is 0 Å². The van der Waals surface area contributed by atoms with E-state index in [0.29, 0.717) is 37.8 Å². The second-order valence-electron chi connectivity index (χ2n) is 7.08. The van der Waals surface area contributed by atoms with Crippen molar-refractivity contribution in [2.45, 2.75) is 51.9 Å². The second-order valence-corrected chi connectivity index (χ2v) is 7.08. The van der Waals surface area contributed by atoms with Crippen LogP contribution in [0.4, 0.5) is 4.79 Å². The van der Waals surface area contributed by atoms with Crippen LogP contribution < -0.4 is 0 Å². The summed E-state index contributed by atoms with van der Waals surface area (Å²) in [7, 11) is 0. The first-order valence-corrected chi connectivity index (χ1v) is 9.65. The molecule has 2 fully saturated rings. The molecule has 0 aromatic carbocycles. The molecule has 3 rings (SSSR count). The van der Waals surface area contributed by atoms with E-state index >= 15 is 0 Å². The van der Waals surface area contributed by atoms with Gasteiger partial charge in [0.15, 0.2) is 5.82 Å². The number of hydrogen-bond donors (Lipinski definition) is 0. The fourth-order valence-electron chi connectivity index (χ4n) is 3.61. The number of carbonyl (C=O) groups excluding carboxylic acids is 1. The van der Waals surface area contributed by atoms with E-state index in [2.05, 4.69) is 10.1 Å². The maximum Gasteiger partial charge on any atom is 0.320 e. The van der Waals surface area contributed by atoms with Crippen molar-refractivity contribution in [2.24, 2.45) is 5.92 Å². The number of nitrogens with zero attached hydrogens (tertiary/aromatic N) is 4. The average Bonchev–Trinajstić information content (AvgIpc) is 3.23. The molecule has 0 spiro atoms. The Morgan fingerprint density at radius 3 is 2.68 bits per heavy atom. The van der Waals surface area contributed by atoms with E-state index in [1.54, 1.807) is 0 Å². The maximum absolute atomic E-state index is 12.2. The molecule has 140 valence electrons. The molecule has 2 aliphatic rings. The van der Waals surface area contributed by atoms with Crippen molar-refractivity contribution >= 4 is 6.03 Å². The average molecular weight is 350 g/mol. The van der Waals surface area contributed by atoms with Crippen LogP contribution in [-0.4, -0.2) is 65.4 Å². The third-order valence-corrected chi connectivity index (χ3v) is 5.32. The number of carbonyl (C=O) groups is 1. The highest BCUT2D eigenvalue weighted by Crippen LogP contribution is 2.27. The molecule has 0 unspecified atom stereocenters. The molecule has 0 N–H and O–H groups in total. The summed E-state index contributed by atoms with van der Waals surface area (Å²) in [6, 6.07) is 0.0984. The van der Waals surface area contributed by atoms with Gasteiger partial charge in [-0.15, -0.1) is 0 Å². The quantitative estimate of drug-likeness (QED) is 0.674. The smallest absolute Gasteiger partial charge is 0.320 e. The monoisotopic (exact) mass is 350 g/mol. The summed E-state index contributed by atoms with van der Waals surface area (Å²) < 4.78 is 11.1. The van der Waals surface area contributed by atoms with Gasteiger partial charge in [-0.05, 0) is 32.6 Å². The lowest BCUT2D eigenvalue weighted by Crippen LogP contribution is -2.53. The van der Waals surface area contributed by atoms with Crippen LogP contribution in [0.3, 0.4) is 0 Å². The first-order chi connectivity index (χ1) is 12.2. The molecule has 1 saturated heterocycles. The van der Waals surface area contributed by atoms with Gasteiger partial charge in [0.25, 0.3) is 0 Å². The Morgan fingerprint density at radius 1 is 1.28 bits per heavy atom. The Hall–Kier alpha value is -1.63. The van der Waals surface area contributed by atoms with Crippen molar-refractivity contribution in [3.05, 3.63) is 11.7 Å². The molecule has 1 aromatic rings. The standard InChI is InChI=1S/C18H30N4O3/c1-3-21(4-2)18(23)22-11-15(12-22)17-19-16(20-25-17)9-10-24-13-14-7-5-6-8-14/h14-15H,3-13H2,1-2H3.